The van der Waals surface area contributed by atoms with E-state index < -0.39 is 35.0 Å². The fraction of sp³-hybridized carbons (Fsp3) is 0.692. The van der Waals surface area contributed by atoms with Crippen LogP contribution in [0.3, 0.4) is 0 Å². The number of ketones is 1. The first-order valence-electron chi connectivity index (χ1n) is 18.1. The maximum absolute atomic E-state index is 13.6. The molecule has 1 amide bonds. The van der Waals surface area contributed by atoms with E-state index in [2.05, 4.69) is 27.4 Å². The Morgan fingerprint density at radius 1 is 1.16 bits per heavy atom. The molecule has 1 aromatic rings. The highest BCUT2D eigenvalue weighted by molar-refractivity contribution is 8.00. The summed E-state index contributed by atoms with van der Waals surface area (Å²) >= 11 is 1.55. The number of ether oxygens (including phenoxy) is 1. The molecule has 4 aliphatic rings. The number of esters is 1. The number of amides is 1. The molecule has 50 heavy (non-hydrogen) atoms. The summed E-state index contributed by atoms with van der Waals surface area (Å²) in [6, 6.07) is 5.31. The molecule has 1 saturated heterocycles. The monoisotopic (exact) mass is 714 g/mol. The van der Waals surface area contributed by atoms with Crippen LogP contribution in [0, 0.1) is 39.9 Å². The number of piperidine rings is 1. The normalized spacial score (nSPS) is 35.9. The number of Topliss-reactive ketones (excluding diaryl/α,β-unsaturated/α-hetero) is 1. The van der Waals surface area contributed by atoms with Crippen LogP contribution < -0.4 is 5.73 Å². The van der Waals surface area contributed by atoms with Crippen LogP contribution in [0.2, 0.25) is 0 Å². The van der Waals surface area contributed by atoms with Crippen LogP contribution >= 0.6 is 11.8 Å². The zero-order chi connectivity index (χ0) is 37.2. The Labute approximate surface area is 301 Å². The number of thioether (sulfide) groups is 1. The second kappa shape index (κ2) is 15.8. The van der Waals surface area contributed by atoms with Gasteiger partial charge in [0.05, 0.1) is 17.9 Å². The molecule has 0 radical (unpaired) electrons. The molecule has 2 bridgehead atoms. The average Bonchev–Trinajstić information content (AvgIpc) is 3.45. The minimum atomic E-state index is -1.11. The Bertz CT molecular complexity index is 1440. The molecule has 0 aromatic heterocycles. The number of hydrogen-bond donors (Lipinski definition) is 4. The Morgan fingerprint density at radius 3 is 2.44 bits per heavy atom. The molecular formula is C39H58N2O8S. The van der Waals surface area contributed by atoms with Crippen LogP contribution in [-0.2, 0) is 19.1 Å². The number of carboxylic acids is 1. The van der Waals surface area contributed by atoms with E-state index in [1.165, 1.54) is 12.1 Å². The van der Waals surface area contributed by atoms with Gasteiger partial charge < -0.3 is 30.7 Å². The van der Waals surface area contributed by atoms with E-state index in [4.69, 9.17) is 20.7 Å². The lowest BCUT2D eigenvalue weighted by molar-refractivity contribution is -0.205. The maximum atomic E-state index is 13.6. The summed E-state index contributed by atoms with van der Waals surface area (Å²) in [6.45, 7) is 17.8. The van der Waals surface area contributed by atoms with Gasteiger partial charge in [-0.25, -0.2) is 4.79 Å². The lowest BCUT2D eigenvalue weighted by Crippen LogP contribution is -2.63. The topological polar surface area (TPSA) is 167 Å². The van der Waals surface area contributed by atoms with Crippen LogP contribution in [0.15, 0.2) is 36.9 Å². The van der Waals surface area contributed by atoms with Crippen molar-refractivity contribution in [2.45, 2.75) is 110 Å². The summed E-state index contributed by atoms with van der Waals surface area (Å²) in [5.41, 5.74) is 4.63. The first kappa shape index (κ1) is 39.9. The van der Waals surface area contributed by atoms with E-state index in [-0.39, 0.29) is 69.1 Å². The number of nitrogens with two attached hydrogens (primary N) is 1. The Hall–Kier alpha value is -2.89. The number of hydrogen-bond acceptors (Lipinski definition) is 9. The highest BCUT2D eigenvalue weighted by Gasteiger charge is 2.68. The molecule has 10 atom stereocenters. The van der Waals surface area contributed by atoms with E-state index >= 15 is 0 Å². The molecule has 11 heteroatoms. The number of likely N-dealkylation sites (tertiary alicyclic amines) is 1. The minimum absolute atomic E-state index is 0.0159. The summed E-state index contributed by atoms with van der Waals surface area (Å²) < 4.78 is 6.38. The van der Waals surface area contributed by atoms with E-state index in [9.17, 15) is 24.3 Å². The SMILES string of the molecule is C=C[C@]1(C)C[C@@H](OC(=O)CS[C@H]2CCCN(C(=O)[C@H](N)C(C)C)C2)[C@]2(C)[C@H](C)CC[C@]3(CCC(=O)[C@H]32)[C@@H](C)[C@@H]1O.O=C(O)c1ccccc1O. The second-order valence-corrected chi connectivity index (χ2v) is 17.3. The third-order valence-corrected chi connectivity index (χ3v) is 14.1. The molecule has 0 unspecified atom stereocenters. The lowest BCUT2D eigenvalue weighted by atomic mass is 9.44. The Morgan fingerprint density at radius 2 is 1.84 bits per heavy atom. The number of benzene rings is 1. The van der Waals surface area contributed by atoms with Crippen molar-refractivity contribution in [1.29, 1.82) is 0 Å². The number of para-hydroxylation sites is 1. The number of phenols is 1. The fourth-order valence-corrected chi connectivity index (χ4v) is 10.4. The van der Waals surface area contributed by atoms with Crippen LogP contribution in [0.1, 0.15) is 96.8 Å². The number of aliphatic hydroxyl groups excluding tert-OH is 1. The van der Waals surface area contributed by atoms with Crippen molar-refractivity contribution < 1.29 is 39.2 Å². The van der Waals surface area contributed by atoms with Crippen molar-refractivity contribution in [1.82, 2.24) is 4.90 Å². The Balaban J connectivity index is 0.000000482. The molecule has 1 aromatic carbocycles. The molecule has 1 heterocycles. The Kier molecular flexibility index (Phi) is 12.6. The smallest absolute Gasteiger partial charge is 0.339 e. The number of aromatic carboxylic acids is 1. The van der Waals surface area contributed by atoms with Crippen molar-refractivity contribution in [3.8, 4) is 5.75 Å². The van der Waals surface area contributed by atoms with Crippen LogP contribution in [0.4, 0.5) is 0 Å². The van der Waals surface area contributed by atoms with Gasteiger partial charge in [-0.15, -0.1) is 18.3 Å². The quantitative estimate of drug-likeness (QED) is 0.194. The second-order valence-electron chi connectivity index (χ2n) is 16.0. The highest BCUT2D eigenvalue weighted by atomic mass is 32.2. The van der Waals surface area contributed by atoms with Crippen molar-refractivity contribution in [2.75, 3.05) is 18.8 Å². The largest absolute Gasteiger partial charge is 0.507 e. The average molecular weight is 715 g/mol. The number of nitrogens with zero attached hydrogens (tertiary/aromatic N) is 1. The van der Waals surface area contributed by atoms with Gasteiger partial charge in [-0.05, 0) is 73.8 Å². The lowest BCUT2D eigenvalue weighted by Gasteiger charge is -2.61. The molecule has 3 saturated carbocycles. The number of aliphatic hydroxyl groups is 1. The first-order valence-corrected chi connectivity index (χ1v) is 19.2. The summed E-state index contributed by atoms with van der Waals surface area (Å²) in [4.78, 5) is 52.0. The molecule has 4 fully saturated rings. The van der Waals surface area contributed by atoms with E-state index in [0.29, 0.717) is 25.9 Å². The van der Waals surface area contributed by atoms with Gasteiger partial charge in [-0.1, -0.05) is 59.8 Å². The predicted molar refractivity (Wildman–Crippen MR) is 195 cm³/mol. The fourth-order valence-electron chi connectivity index (χ4n) is 9.30. The summed E-state index contributed by atoms with van der Waals surface area (Å²) in [5.74, 6) is -1.15. The molecule has 278 valence electrons. The molecule has 0 spiro atoms. The van der Waals surface area contributed by atoms with Gasteiger partial charge in [0, 0.05) is 41.5 Å². The van der Waals surface area contributed by atoms with Gasteiger partial charge in [-0.2, -0.15) is 0 Å². The highest BCUT2D eigenvalue weighted by Crippen LogP contribution is 2.68. The molecule has 5 N–H and O–H groups in total. The summed E-state index contributed by atoms with van der Waals surface area (Å²) in [7, 11) is 0. The van der Waals surface area contributed by atoms with Crippen LogP contribution in [-0.4, -0.2) is 86.2 Å². The minimum Gasteiger partial charge on any atom is -0.507 e. The molecule has 3 aliphatic carbocycles. The van der Waals surface area contributed by atoms with Crippen molar-refractivity contribution in [3.05, 3.63) is 42.5 Å². The van der Waals surface area contributed by atoms with Gasteiger partial charge >= 0.3 is 11.9 Å². The standard InChI is InChI=1S/C32H52N2O5S.C7H6O3/c1-8-30(6)16-24(31(7)20(4)11-13-32(21(5)28(30)37)14-12-23(35)27(31)32)39-25(36)18-40-22-10-9-15-34(17-22)29(38)26(33)19(2)3;8-6-4-2-1-3-5(6)7(9)10/h8,19-22,24,26-28,37H,1,9-18,33H2,2-7H3;1-4,8H,(H,9,10)/t20-,21+,22+,24-,26-,27+,28+,30-,31+,32+;/m1./s1. The van der Waals surface area contributed by atoms with Crippen LogP contribution in [0.25, 0.3) is 0 Å². The number of carbonyl (C=O) groups excluding carboxylic acids is 3. The first-order chi connectivity index (χ1) is 23.4. The van der Waals surface area contributed by atoms with Gasteiger partial charge in [-0.3, -0.25) is 14.4 Å². The van der Waals surface area contributed by atoms with E-state index in [0.717, 1.165) is 32.1 Å². The van der Waals surface area contributed by atoms with E-state index in [1.807, 2.05) is 31.7 Å². The number of aromatic hydroxyl groups is 1. The molecule has 5 rings (SSSR count). The van der Waals surface area contributed by atoms with Crippen LogP contribution in [0.5, 0.6) is 5.75 Å². The van der Waals surface area contributed by atoms with Crippen molar-refractivity contribution in [2.24, 2.45) is 45.7 Å². The zero-order valence-electron chi connectivity index (χ0n) is 30.6. The zero-order valence-corrected chi connectivity index (χ0v) is 31.4. The van der Waals surface area contributed by atoms with E-state index in [1.54, 1.807) is 23.9 Å². The molecule has 1 aliphatic heterocycles. The third-order valence-electron chi connectivity index (χ3n) is 12.8. The summed E-state index contributed by atoms with van der Waals surface area (Å²) in [5, 5.41) is 29.1. The number of carboxylic acid groups (broad SMARTS) is 1. The van der Waals surface area contributed by atoms with Gasteiger partial charge in [0.25, 0.3) is 0 Å². The molecule has 10 nitrogen and oxygen atoms in total. The van der Waals surface area contributed by atoms with Gasteiger partial charge in [0.1, 0.15) is 23.2 Å². The molecular weight excluding hydrogens is 657 g/mol. The van der Waals surface area contributed by atoms with Crippen molar-refractivity contribution >= 4 is 35.4 Å². The third kappa shape index (κ3) is 7.65. The number of carbonyl (C=O) groups is 4. The summed E-state index contributed by atoms with van der Waals surface area (Å²) in [6.07, 6.45) is 6.12. The van der Waals surface area contributed by atoms with Crippen molar-refractivity contribution in [3.63, 3.8) is 0 Å². The van der Waals surface area contributed by atoms with Gasteiger partial charge in [0.15, 0.2) is 0 Å². The number of rotatable bonds is 8. The van der Waals surface area contributed by atoms with Gasteiger partial charge in [0.2, 0.25) is 5.91 Å². The maximum Gasteiger partial charge on any atom is 0.339 e. The predicted octanol–water partition coefficient (Wildman–Crippen LogP) is 5.69.